The molecule has 0 atom stereocenters. The molecule has 8 nitrogen and oxygen atoms in total. The first-order chi connectivity index (χ1) is 7.98. The molecule has 0 aliphatic rings. The second-order valence-electron chi connectivity index (χ2n) is 3.31. The minimum Gasteiger partial charge on any atom is -0.490 e. The fraction of sp³-hybridized carbons (Fsp3) is 0.500. The van der Waals surface area contributed by atoms with Crippen LogP contribution in [-0.2, 0) is 9.84 Å². The lowest BCUT2D eigenvalue weighted by Crippen LogP contribution is -2.17. The SMILES string of the molecule is COc1c(NN)ncnc1NCCS(C)(=O)=O. The molecule has 1 aromatic heterocycles. The number of nitrogens with two attached hydrogens (primary N) is 1. The van der Waals surface area contributed by atoms with Crippen molar-refractivity contribution in [2.24, 2.45) is 5.84 Å². The summed E-state index contributed by atoms with van der Waals surface area (Å²) in [6, 6.07) is 0. The maximum Gasteiger partial charge on any atom is 0.205 e. The Morgan fingerprint density at radius 2 is 2.06 bits per heavy atom. The Morgan fingerprint density at radius 3 is 2.59 bits per heavy atom. The van der Waals surface area contributed by atoms with Gasteiger partial charge < -0.3 is 15.5 Å². The minimum atomic E-state index is -3.02. The third-order valence-electron chi connectivity index (χ3n) is 1.91. The van der Waals surface area contributed by atoms with Gasteiger partial charge in [-0.05, 0) is 0 Å². The lowest BCUT2D eigenvalue weighted by Gasteiger charge is -2.11. The molecule has 0 saturated heterocycles. The first-order valence-corrected chi connectivity index (χ1v) is 6.81. The van der Waals surface area contributed by atoms with Crippen molar-refractivity contribution in [1.82, 2.24) is 9.97 Å². The van der Waals surface area contributed by atoms with Crippen LogP contribution in [0.1, 0.15) is 0 Å². The minimum absolute atomic E-state index is 0.00550. The van der Waals surface area contributed by atoms with Crippen molar-refractivity contribution in [2.45, 2.75) is 0 Å². The number of methoxy groups -OCH3 is 1. The summed E-state index contributed by atoms with van der Waals surface area (Å²) >= 11 is 0. The van der Waals surface area contributed by atoms with Crippen molar-refractivity contribution < 1.29 is 13.2 Å². The molecule has 1 heterocycles. The number of anilines is 2. The second kappa shape index (κ2) is 5.64. The Labute approximate surface area is 99.5 Å². The normalized spacial score (nSPS) is 11.0. The van der Waals surface area contributed by atoms with E-state index in [1.54, 1.807) is 0 Å². The summed E-state index contributed by atoms with van der Waals surface area (Å²) in [6.07, 6.45) is 2.46. The lowest BCUT2D eigenvalue weighted by molar-refractivity contribution is 0.414. The van der Waals surface area contributed by atoms with Crippen LogP contribution in [0.25, 0.3) is 0 Å². The topological polar surface area (TPSA) is 119 Å². The average Bonchev–Trinajstić information content (AvgIpc) is 2.27. The van der Waals surface area contributed by atoms with Gasteiger partial charge in [0, 0.05) is 12.8 Å². The van der Waals surface area contributed by atoms with Crippen LogP contribution in [0.4, 0.5) is 11.6 Å². The summed E-state index contributed by atoms with van der Waals surface area (Å²) in [5, 5.41) is 2.84. The molecule has 0 radical (unpaired) electrons. The van der Waals surface area contributed by atoms with Gasteiger partial charge in [-0.2, -0.15) is 0 Å². The van der Waals surface area contributed by atoms with E-state index in [1.165, 1.54) is 19.7 Å². The number of nitrogens with one attached hydrogen (secondary N) is 2. The van der Waals surface area contributed by atoms with Crippen LogP contribution in [0.15, 0.2) is 6.33 Å². The van der Waals surface area contributed by atoms with Gasteiger partial charge in [-0.15, -0.1) is 0 Å². The number of ether oxygens (including phenoxy) is 1. The molecule has 96 valence electrons. The van der Waals surface area contributed by atoms with E-state index in [0.717, 1.165) is 0 Å². The highest BCUT2D eigenvalue weighted by Crippen LogP contribution is 2.27. The molecular formula is C8H15N5O3S. The molecule has 0 spiro atoms. The van der Waals surface area contributed by atoms with Crippen LogP contribution >= 0.6 is 0 Å². The molecule has 0 aliphatic heterocycles. The third-order valence-corrected chi connectivity index (χ3v) is 2.86. The number of rotatable bonds is 6. The summed E-state index contributed by atoms with van der Waals surface area (Å²) in [5.74, 6) is 6.30. The van der Waals surface area contributed by atoms with E-state index in [1.807, 2.05) is 0 Å². The third kappa shape index (κ3) is 4.04. The maximum atomic E-state index is 11.0. The highest BCUT2D eigenvalue weighted by Gasteiger charge is 2.11. The average molecular weight is 261 g/mol. The molecule has 1 aromatic rings. The van der Waals surface area contributed by atoms with Crippen LogP contribution in [-0.4, -0.2) is 44.0 Å². The molecule has 0 fully saturated rings. The fourth-order valence-electron chi connectivity index (χ4n) is 1.15. The van der Waals surface area contributed by atoms with Gasteiger partial charge in [-0.3, -0.25) is 0 Å². The lowest BCUT2D eigenvalue weighted by atomic mass is 10.4. The number of nitrogens with zero attached hydrogens (tertiary/aromatic N) is 2. The number of sulfone groups is 1. The molecule has 0 bridgehead atoms. The van der Waals surface area contributed by atoms with E-state index < -0.39 is 9.84 Å². The van der Waals surface area contributed by atoms with E-state index in [9.17, 15) is 8.42 Å². The van der Waals surface area contributed by atoms with Gasteiger partial charge in [-0.25, -0.2) is 24.2 Å². The van der Waals surface area contributed by atoms with Crippen molar-refractivity contribution in [3.63, 3.8) is 0 Å². The largest absolute Gasteiger partial charge is 0.490 e. The zero-order valence-electron chi connectivity index (χ0n) is 9.60. The number of hydrogen-bond acceptors (Lipinski definition) is 8. The summed E-state index contributed by atoms with van der Waals surface area (Å²) in [6.45, 7) is 0.232. The smallest absolute Gasteiger partial charge is 0.205 e. The molecule has 0 saturated carbocycles. The van der Waals surface area contributed by atoms with E-state index in [0.29, 0.717) is 17.4 Å². The van der Waals surface area contributed by atoms with E-state index >= 15 is 0 Å². The number of hydrogen-bond donors (Lipinski definition) is 3. The van der Waals surface area contributed by atoms with Crippen molar-refractivity contribution in [3.8, 4) is 5.75 Å². The van der Waals surface area contributed by atoms with Crippen molar-refractivity contribution in [3.05, 3.63) is 6.33 Å². The highest BCUT2D eigenvalue weighted by atomic mass is 32.2. The van der Waals surface area contributed by atoms with Crippen LogP contribution in [0.2, 0.25) is 0 Å². The van der Waals surface area contributed by atoms with Gasteiger partial charge in [0.15, 0.2) is 11.6 Å². The van der Waals surface area contributed by atoms with Crippen molar-refractivity contribution in [2.75, 3.05) is 36.4 Å². The molecule has 0 unspecified atom stereocenters. The van der Waals surface area contributed by atoms with E-state index in [-0.39, 0.29) is 12.3 Å². The van der Waals surface area contributed by atoms with Crippen LogP contribution < -0.4 is 21.3 Å². The summed E-state index contributed by atoms with van der Waals surface area (Å²) in [7, 11) is -1.57. The Balaban J connectivity index is 2.77. The van der Waals surface area contributed by atoms with Gasteiger partial charge in [0.25, 0.3) is 0 Å². The number of nitrogen functional groups attached to an aromatic ring is 1. The van der Waals surface area contributed by atoms with Crippen molar-refractivity contribution in [1.29, 1.82) is 0 Å². The van der Waals surface area contributed by atoms with Gasteiger partial charge in [0.2, 0.25) is 5.75 Å². The second-order valence-corrected chi connectivity index (χ2v) is 5.56. The van der Waals surface area contributed by atoms with Gasteiger partial charge in [0.05, 0.1) is 12.9 Å². The molecule has 9 heteroatoms. The summed E-state index contributed by atoms with van der Waals surface area (Å²) in [4.78, 5) is 7.80. The summed E-state index contributed by atoms with van der Waals surface area (Å²) < 4.78 is 27.0. The number of hydrazine groups is 1. The van der Waals surface area contributed by atoms with Crippen molar-refractivity contribution >= 4 is 21.5 Å². The van der Waals surface area contributed by atoms with Gasteiger partial charge in [-0.1, -0.05) is 0 Å². The first-order valence-electron chi connectivity index (χ1n) is 4.75. The maximum absolute atomic E-state index is 11.0. The van der Waals surface area contributed by atoms with E-state index in [2.05, 4.69) is 20.7 Å². The number of aromatic nitrogens is 2. The van der Waals surface area contributed by atoms with Gasteiger partial charge in [0.1, 0.15) is 16.2 Å². The Hall–Kier alpha value is -1.61. The van der Waals surface area contributed by atoms with E-state index in [4.69, 9.17) is 10.6 Å². The molecule has 1 rings (SSSR count). The Bertz CT molecular complexity index is 476. The first kappa shape index (κ1) is 13.5. The van der Waals surface area contributed by atoms with Gasteiger partial charge >= 0.3 is 0 Å². The van der Waals surface area contributed by atoms with Crippen LogP contribution in [0.5, 0.6) is 5.75 Å². The Morgan fingerprint density at radius 1 is 1.41 bits per heavy atom. The molecule has 4 N–H and O–H groups in total. The predicted molar refractivity (Wildman–Crippen MR) is 64.6 cm³/mol. The van der Waals surface area contributed by atoms with Crippen LogP contribution in [0, 0.1) is 0 Å². The standard InChI is InChI=1S/C8H15N5O3S/c1-16-6-7(10-3-4-17(2,14)15)11-5-12-8(6)13-9/h5H,3-4,9H2,1-2H3,(H2,10,11,12,13). The fourth-order valence-corrected chi connectivity index (χ4v) is 1.62. The molecule has 17 heavy (non-hydrogen) atoms. The molecule has 0 aliphatic carbocycles. The highest BCUT2D eigenvalue weighted by molar-refractivity contribution is 7.90. The zero-order valence-corrected chi connectivity index (χ0v) is 10.4. The van der Waals surface area contributed by atoms with Crippen LogP contribution in [0.3, 0.4) is 0 Å². The molecule has 0 aromatic carbocycles. The predicted octanol–water partition coefficient (Wildman–Crippen LogP) is -0.773. The zero-order chi connectivity index (χ0) is 12.9. The summed E-state index contributed by atoms with van der Waals surface area (Å²) in [5.41, 5.74) is 2.36. The Kier molecular flexibility index (Phi) is 4.46. The quantitative estimate of drug-likeness (QED) is 0.451. The molecular weight excluding hydrogens is 246 g/mol. The molecule has 0 amide bonds. The monoisotopic (exact) mass is 261 g/mol.